The van der Waals surface area contributed by atoms with Gasteiger partial charge < -0.3 is 20.3 Å². The molecule has 0 aliphatic carbocycles. The van der Waals surface area contributed by atoms with Crippen LogP contribution in [-0.2, 0) is 14.3 Å². The van der Waals surface area contributed by atoms with Gasteiger partial charge in [0, 0.05) is 6.42 Å². The summed E-state index contributed by atoms with van der Waals surface area (Å²) in [5, 5.41) is 23.7. The van der Waals surface area contributed by atoms with E-state index >= 15 is 0 Å². The fourth-order valence-corrected chi connectivity index (χ4v) is 7.45. The Bertz CT molecular complexity index is 1060. The number of nitrogens with one attached hydrogen (secondary N) is 1. The Hall–Kier alpha value is -2.44. The summed E-state index contributed by atoms with van der Waals surface area (Å²) in [4.78, 5) is 26.1. The first-order chi connectivity index (χ1) is 29.0. The zero-order valence-corrected chi connectivity index (χ0v) is 38.9. The summed E-state index contributed by atoms with van der Waals surface area (Å²) in [7, 11) is 0. The van der Waals surface area contributed by atoms with Crippen molar-refractivity contribution in [1.82, 2.24) is 5.32 Å². The lowest BCUT2D eigenvalue weighted by Gasteiger charge is -2.24. The minimum atomic E-state index is -0.794. The first-order valence-electron chi connectivity index (χ1n) is 25.1. The third-order valence-corrected chi connectivity index (χ3v) is 11.2. The summed E-state index contributed by atoms with van der Waals surface area (Å²) in [6.45, 7) is 6.32. The lowest BCUT2D eigenvalue weighted by atomic mass is 10.0. The van der Waals surface area contributed by atoms with E-state index in [-0.39, 0.29) is 24.9 Å². The van der Waals surface area contributed by atoms with Crippen molar-refractivity contribution >= 4 is 11.9 Å². The molecule has 0 aromatic rings. The Morgan fingerprint density at radius 1 is 0.508 bits per heavy atom. The number of unbranched alkanes of at least 4 members (excludes halogenated alkanes) is 26. The molecule has 0 aromatic heterocycles. The quantitative estimate of drug-likeness (QED) is 0.0323. The van der Waals surface area contributed by atoms with Crippen LogP contribution in [0.5, 0.6) is 0 Å². The second-order valence-electron chi connectivity index (χ2n) is 17.0. The van der Waals surface area contributed by atoms with Crippen molar-refractivity contribution in [2.75, 3.05) is 6.61 Å². The molecular weight excluding hydrogens is 731 g/mol. The molecule has 0 heterocycles. The molecule has 6 nitrogen and oxygen atoms in total. The Morgan fingerprint density at radius 2 is 0.915 bits per heavy atom. The highest BCUT2D eigenvalue weighted by Gasteiger charge is 2.24. The van der Waals surface area contributed by atoms with Gasteiger partial charge in [-0.2, -0.15) is 0 Å². The lowest BCUT2D eigenvalue weighted by molar-refractivity contribution is -0.151. The molecule has 1 amide bonds. The third-order valence-electron chi connectivity index (χ3n) is 11.2. The fourth-order valence-electron chi connectivity index (χ4n) is 7.45. The summed E-state index contributed by atoms with van der Waals surface area (Å²) >= 11 is 0. The molecule has 0 rings (SSSR count). The highest BCUT2D eigenvalue weighted by Crippen LogP contribution is 2.18. The minimum Gasteiger partial charge on any atom is -0.462 e. The number of allylic oxidation sites excluding steroid dienone is 10. The molecule has 342 valence electrons. The maximum absolute atomic E-state index is 13.2. The van der Waals surface area contributed by atoms with Crippen LogP contribution in [0.1, 0.15) is 239 Å². The highest BCUT2D eigenvalue weighted by atomic mass is 16.5. The second-order valence-corrected chi connectivity index (χ2v) is 17.0. The van der Waals surface area contributed by atoms with E-state index in [2.05, 4.69) is 50.4 Å². The van der Waals surface area contributed by atoms with E-state index in [9.17, 15) is 19.8 Å². The van der Waals surface area contributed by atoms with E-state index in [0.29, 0.717) is 19.3 Å². The van der Waals surface area contributed by atoms with Crippen molar-refractivity contribution < 1.29 is 24.5 Å². The average molecular weight is 826 g/mol. The van der Waals surface area contributed by atoms with E-state index in [1.54, 1.807) is 0 Å². The zero-order valence-electron chi connectivity index (χ0n) is 38.9. The molecule has 59 heavy (non-hydrogen) atoms. The van der Waals surface area contributed by atoms with Crippen molar-refractivity contribution in [2.45, 2.75) is 257 Å². The monoisotopic (exact) mass is 826 g/mol. The summed E-state index contributed by atoms with van der Waals surface area (Å²) in [5.41, 5.74) is 0. The Balaban J connectivity index is 4.66. The molecule has 3 atom stereocenters. The van der Waals surface area contributed by atoms with Crippen molar-refractivity contribution in [3.05, 3.63) is 60.8 Å². The molecular formula is C53H95NO5. The molecule has 0 bridgehead atoms. The molecule has 0 saturated heterocycles. The number of aliphatic hydroxyl groups is 2. The van der Waals surface area contributed by atoms with Gasteiger partial charge in [-0.25, -0.2) is 0 Å². The normalized spacial score (nSPS) is 13.8. The molecule has 0 aliphatic heterocycles. The summed E-state index contributed by atoms with van der Waals surface area (Å²) in [6, 6.07) is -0.709. The van der Waals surface area contributed by atoms with Crippen molar-refractivity contribution in [3.63, 3.8) is 0 Å². The molecule has 0 spiro atoms. The Morgan fingerprint density at radius 3 is 1.37 bits per heavy atom. The molecule has 3 unspecified atom stereocenters. The van der Waals surface area contributed by atoms with Crippen LogP contribution in [0, 0.1) is 0 Å². The first-order valence-corrected chi connectivity index (χ1v) is 25.1. The molecule has 0 fully saturated rings. The van der Waals surface area contributed by atoms with E-state index in [1.807, 2.05) is 36.5 Å². The number of carbonyl (C=O) groups excluding carboxylic acids is 2. The molecule has 6 heteroatoms. The number of hydrogen-bond acceptors (Lipinski definition) is 5. The average Bonchev–Trinajstić information content (AvgIpc) is 3.23. The van der Waals surface area contributed by atoms with E-state index in [4.69, 9.17) is 4.74 Å². The van der Waals surface area contributed by atoms with Crippen LogP contribution in [0.3, 0.4) is 0 Å². The summed E-state index contributed by atoms with van der Waals surface area (Å²) in [5.74, 6) is -0.519. The van der Waals surface area contributed by atoms with Crippen molar-refractivity contribution in [1.29, 1.82) is 0 Å². The van der Waals surface area contributed by atoms with Gasteiger partial charge >= 0.3 is 5.97 Å². The van der Waals surface area contributed by atoms with E-state index in [1.165, 1.54) is 122 Å². The van der Waals surface area contributed by atoms with Gasteiger partial charge in [-0.1, -0.05) is 242 Å². The third kappa shape index (κ3) is 42.1. The highest BCUT2D eigenvalue weighted by molar-refractivity contribution is 5.77. The van der Waals surface area contributed by atoms with Crippen LogP contribution in [0.15, 0.2) is 60.8 Å². The van der Waals surface area contributed by atoms with Gasteiger partial charge in [-0.15, -0.1) is 0 Å². The second kappa shape index (κ2) is 46.6. The predicted molar refractivity (Wildman–Crippen MR) is 255 cm³/mol. The number of aliphatic hydroxyl groups excluding tert-OH is 2. The fraction of sp³-hybridized carbons (Fsp3) is 0.774. The van der Waals surface area contributed by atoms with Gasteiger partial charge in [0.05, 0.1) is 25.2 Å². The minimum absolute atomic E-state index is 0.0610. The van der Waals surface area contributed by atoms with Crippen LogP contribution in [-0.4, -0.2) is 46.9 Å². The number of hydrogen-bond donors (Lipinski definition) is 3. The number of amides is 1. The summed E-state index contributed by atoms with van der Waals surface area (Å²) < 4.78 is 5.91. The topological polar surface area (TPSA) is 95.9 Å². The van der Waals surface area contributed by atoms with Gasteiger partial charge in [0.25, 0.3) is 0 Å². The van der Waals surface area contributed by atoms with Crippen molar-refractivity contribution in [3.8, 4) is 0 Å². The zero-order chi connectivity index (χ0) is 43.1. The van der Waals surface area contributed by atoms with Gasteiger partial charge in [-0.3, -0.25) is 9.59 Å². The van der Waals surface area contributed by atoms with Gasteiger partial charge in [-0.05, 0) is 44.9 Å². The number of ether oxygens (including phenoxy) is 1. The molecule has 0 saturated carbocycles. The van der Waals surface area contributed by atoms with Crippen molar-refractivity contribution in [2.24, 2.45) is 0 Å². The van der Waals surface area contributed by atoms with Crippen LogP contribution < -0.4 is 5.32 Å². The molecule has 0 aromatic carbocycles. The SMILES string of the molecule is CC/C=C/C=C/C=C\C=C/C=C/CCCCCC(=O)OC(CCCCCCCCCCCCCCCCC)CC(=O)NC(CO)C(O)CCCCCCCCCCCC. The van der Waals surface area contributed by atoms with E-state index < -0.39 is 18.2 Å². The molecule has 0 radical (unpaired) electrons. The maximum atomic E-state index is 13.2. The van der Waals surface area contributed by atoms with Gasteiger partial charge in [0.2, 0.25) is 5.91 Å². The standard InChI is InChI=1S/C53H95NO5/c1-4-7-10-13-16-19-22-24-26-28-30-32-35-38-41-44-49(59-53(58)46-43-40-37-34-31-29-27-25-23-20-17-14-11-8-5-2)47-52(57)54-50(48-55)51(56)45-42-39-36-33-21-18-15-12-9-6-3/h8,11,14,17,20,23,25,27,29,31,49-51,55-56H,4-7,9-10,12-13,15-16,18-19,21-22,24,26,28,30,32-48H2,1-3H3,(H,54,57)/b11-8+,17-14+,23-20-,27-25-,31-29+. The first kappa shape index (κ1) is 56.6. The van der Waals surface area contributed by atoms with Crippen LogP contribution >= 0.6 is 0 Å². The number of rotatable bonds is 44. The molecule has 0 aliphatic rings. The van der Waals surface area contributed by atoms with Gasteiger partial charge in [0.15, 0.2) is 0 Å². The Kier molecular flexibility index (Phi) is 44.7. The Labute approximate surface area is 365 Å². The molecule has 3 N–H and O–H groups in total. The van der Waals surface area contributed by atoms with E-state index in [0.717, 1.165) is 70.6 Å². The number of carbonyl (C=O) groups is 2. The van der Waals surface area contributed by atoms with Crippen LogP contribution in [0.25, 0.3) is 0 Å². The van der Waals surface area contributed by atoms with Crippen LogP contribution in [0.2, 0.25) is 0 Å². The maximum Gasteiger partial charge on any atom is 0.306 e. The van der Waals surface area contributed by atoms with Gasteiger partial charge in [0.1, 0.15) is 6.10 Å². The summed E-state index contributed by atoms with van der Waals surface area (Å²) in [6.07, 6.45) is 57.0. The largest absolute Gasteiger partial charge is 0.462 e. The lowest BCUT2D eigenvalue weighted by Crippen LogP contribution is -2.46. The number of esters is 1. The van der Waals surface area contributed by atoms with Crippen LogP contribution in [0.4, 0.5) is 0 Å². The smallest absolute Gasteiger partial charge is 0.306 e. The predicted octanol–water partition coefficient (Wildman–Crippen LogP) is 14.8.